The summed E-state index contributed by atoms with van der Waals surface area (Å²) in [5.74, 6) is -0.194. The van der Waals surface area contributed by atoms with Crippen molar-refractivity contribution in [3.63, 3.8) is 0 Å². The lowest BCUT2D eigenvalue weighted by Gasteiger charge is -2.25. The average molecular weight is 337 g/mol. The van der Waals surface area contributed by atoms with E-state index in [2.05, 4.69) is 5.32 Å². The number of rotatable bonds is 3. The van der Waals surface area contributed by atoms with Crippen molar-refractivity contribution in [3.8, 4) is 0 Å². The first kappa shape index (κ1) is 17.0. The minimum atomic E-state index is -0.194. The van der Waals surface area contributed by atoms with Crippen molar-refractivity contribution in [1.82, 2.24) is 4.90 Å². The van der Waals surface area contributed by atoms with Gasteiger partial charge in [-0.3, -0.25) is 9.69 Å². The van der Waals surface area contributed by atoms with E-state index in [4.69, 9.17) is 0 Å². The average Bonchev–Trinajstić information content (AvgIpc) is 3.01. The monoisotopic (exact) mass is 337 g/mol. The van der Waals surface area contributed by atoms with Crippen LogP contribution in [0.4, 0.5) is 16.2 Å². The number of anilines is 2. The SMILES string of the molecule is Cc1cccc(C)c1NC(=O)CN(C)C(=O)N1CCc2ccccc21. The highest BCUT2D eigenvalue weighted by Crippen LogP contribution is 2.28. The van der Waals surface area contributed by atoms with Gasteiger partial charge in [0.05, 0.1) is 0 Å². The Labute approximate surface area is 148 Å². The number of para-hydroxylation sites is 2. The van der Waals surface area contributed by atoms with Gasteiger partial charge in [-0.2, -0.15) is 0 Å². The Bertz CT molecular complexity index is 796. The summed E-state index contributed by atoms with van der Waals surface area (Å²) >= 11 is 0. The van der Waals surface area contributed by atoms with Crippen molar-refractivity contribution >= 4 is 23.3 Å². The standard InChI is InChI=1S/C20H23N3O2/c1-14-7-6-8-15(2)19(14)21-18(24)13-22(3)20(25)23-12-11-16-9-4-5-10-17(16)23/h4-10H,11-13H2,1-3H3,(H,21,24). The lowest BCUT2D eigenvalue weighted by Crippen LogP contribution is -2.43. The third kappa shape index (κ3) is 3.50. The van der Waals surface area contributed by atoms with Crippen molar-refractivity contribution in [2.75, 3.05) is 30.4 Å². The van der Waals surface area contributed by atoms with Crippen molar-refractivity contribution in [1.29, 1.82) is 0 Å². The third-order valence-electron chi connectivity index (χ3n) is 4.57. The van der Waals surface area contributed by atoms with Crippen LogP contribution < -0.4 is 10.2 Å². The number of likely N-dealkylation sites (N-methyl/N-ethyl adjacent to an activating group) is 1. The molecule has 0 unspecified atom stereocenters. The maximum absolute atomic E-state index is 12.7. The van der Waals surface area contributed by atoms with Crippen LogP contribution in [-0.2, 0) is 11.2 Å². The molecule has 0 saturated heterocycles. The number of aryl methyl sites for hydroxylation is 2. The molecule has 0 atom stereocenters. The summed E-state index contributed by atoms with van der Waals surface area (Å²) in [4.78, 5) is 28.3. The van der Waals surface area contributed by atoms with Crippen molar-refractivity contribution < 1.29 is 9.59 Å². The summed E-state index contributed by atoms with van der Waals surface area (Å²) in [6.07, 6.45) is 0.852. The summed E-state index contributed by atoms with van der Waals surface area (Å²) in [7, 11) is 1.66. The smallest absolute Gasteiger partial charge is 0.324 e. The molecule has 25 heavy (non-hydrogen) atoms. The van der Waals surface area contributed by atoms with Gasteiger partial charge in [0.15, 0.2) is 0 Å². The van der Waals surface area contributed by atoms with E-state index < -0.39 is 0 Å². The Morgan fingerprint density at radius 2 is 1.76 bits per heavy atom. The summed E-state index contributed by atoms with van der Waals surface area (Å²) in [6.45, 7) is 4.59. The van der Waals surface area contributed by atoms with Crippen LogP contribution in [0.15, 0.2) is 42.5 Å². The maximum Gasteiger partial charge on any atom is 0.324 e. The topological polar surface area (TPSA) is 52.7 Å². The predicted octanol–water partition coefficient (Wildman–Crippen LogP) is 3.36. The van der Waals surface area contributed by atoms with Gasteiger partial charge in [-0.1, -0.05) is 36.4 Å². The molecule has 0 bridgehead atoms. The summed E-state index contributed by atoms with van der Waals surface area (Å²) < 4.78 is 0. The van der Waals surface area contributed by atoms with Gasteiger partial charge < -0.3 is 10.2 Å². The molecule has 1 heterocycles. The fourth-order valence-electron chi connectivity index (χ4n) is 3.22. The van der Waals surface area contributed by atoms with Gasteiger partial charge in [0.2, 0.25) is 5.91 Å². The summed E-state index contributed by atoms with van der Waals surface area (Å²) in [5.41, 5.74) is 4.95. The Hall–Kier alpha value is -2.82. The molecule has 5 nitrogen and oxygen atoms in total. The number of benzene rings is 2. The minimum Gasteiger partial charge on any atom is -0.324 e. The van der Waals surface area contributed by atoms with Crippen molar-refractivity contribution in [2.45, 2.75) is 20.3 Å². The van der Waals surface area contributed by atoms with Crippen molar-refractivity contribution in [3.05, 3.63) is 59.2 Å². The van der Waals surface area contributed by atoms with Gasteiger partial charge >= 0.3 is 6.03 Å². The number of urea groups is 1. The highest BCUT2D eigenvalue weighted by atomic mass is 16.2. The zero-order valence-corrected chi connectivity index (χ0v) is 14.9. The number of nitrogens with zero attached hydrogens (tertiary/aromatic N) is 2. The van der Waals surface area contributed by atoms with E-state index in [0.717, 1.165) is 28.9 Å². The number of fused-ring (bicyclic) bond motifs is 1. The molecule has 1 N–H and O–H groups in total. The summed E-state index contributed by atoms with van der Waals surface area (Å²) in [5, 5.41) is 2.92. The molecule has 0 spiro atoms. The van der Waals surface area contributed by atoms with Gasteiger partial charge in [-0.05, 0) is 43.0 Å². The predicted molar refractivity (Wildman–Crippen MR) is 100 cm³/mol. The second-order valence-corrected chi connectivity index (χ2v) is 6.48. The van der Waals surface area contributed by atoms with Gasteiger partial charge in [0.25, 0.3) is 0 Å². The molecule has 0 saturated carbocycles. The zero-order valence-electron chi connectivity index (χ0n) is 14.9. The Balaban J connectivity index is 1.65. The molecular formula is C20H23N3O2. The second-order valence-electron chi connectivity index (χ2n) is 6.48. The summed E-state index contributed by atoms with van der Waals surface area (Å²) in [6, 6.07) is 13.6. The number of carbonyl (C=O) groups excluding carboxylic acids is 2. The quantitative estimate of drug-likeness (QED) is 0.934. The van der Waals surface area contributed by atoms with Gasteiger partial charge in [-0.25, -0.2) is 4.79 Å². The molecular weight excluding hydrogens is 314 g/mol. The maximum atomic E-state index is 12.7. The molecule has 0 aromatic heterocycles. The fraction of sp³-hybridized carbons (Fsp3) is 0.300. The Morgan fingerprint density at radius 1 is 1.08 bits per heavy atom. The molecule has 2 aromatic carbocycles. The molecule has 0 radical (unpaired) electrons. The fourth-order valence-corrected chi connectivity index (χ4v) is 3.22. The number of carbonyl (C=O) groups is 2. The van der Waals surface area contributed by atoms with E-state index in [1.807, 2.05) is 56.3 Å². The number of nitrogens with one attached hydrogen (secondary N) is 1. The Kier molecular flexibility index (Phi) is 4.74. The van der Waals surface area contributed by atoms with Crippen LogP contribution in [0.2, 0.25) is 0 Å². The molecule has 3 rings (SSSR count). The van der Waals surface area contributed by atoms with Gasteiger partial charge in [0, 0.05) is 25.0 Å². The highest BCUT2D eigenvalue weighted by Gasteiger charge is 2.27. The molecule has 0 fully saturated rings. The largest absolute Gasteiger partial charge is 0.324 e. The van der Waals surface area contributed by atoms with Crippen LogP contribution in [0.25, 0.3) is 0 Å². The van der Waals surface area contributed by atoms with Crippen LogP contribution in [0.5, 0.6) is 0 Å². The molecule has 5 heteroatoms. The van der Waals surface area contributed by atoms with Crippen molar-refractivity contribution in [2.24, 2.45) is 0 Å². The van der Waals surface area contributed by atoms with Crippen LogP contribution in [0.3, 0.4) is 0 Å². The first-order valence-corrected chi connectivity index (χ1v) is 8.44. The number of hydrogen-bond donors (Lipinski definition) is 1. The first-order valence-electron chi connectivity index (χ1n) is 8.44. The molecule has 1 aliphatic rings. The van der Waals surface area contributed by atoms with Crippen LogP contribution in [0.1, 0.15) is 16.7 Å². The Morgan fingerprint density at radius 3 is 2.48 bits per heavy atom. The highest BCUT2D eigenvalue weighted by molar-refractivity contribution is 5.99. The van der Waals surface area contributed by atoms with E-state index in [9.17, 15) is 9.59 Å². The zero-order chi connectivity index (χ0) is 18.0. The van der Waals surface area contributed by atoms with E-state index in [-0.39, 0.29) is 18.5 Å². The first-order chi connectivity index (χ1) is 12.0. The molecule has 3 amide bonds. The van der Waals surface area contributed by atoms with Crippen LogP contribution in [0, 0.1) is 13.8 Å². The molecule has 130 valence electrons. The molecule has 0 aliphatic carbocycles. The van der Waals surface area contributed by atoms with Crippen LogP contribution in [-0.4, -0.2) is 37.0 Å². The number of hydrogen-bond acceptors (Lipinski definition) is 2. The second kappa shape index (κ2) is 6.97. The van der Waals surface area contributed by atoms with E-state index in [0.29, 0.717) is 6.54 Å². The number of amides is 3. The molecule has 1 aliphatic heterocycles. The molecule has 2 aromatic rings. The van der Waals surface area contributed by atoms with E-state index >= 15 is 0 Å². The lowest BCUT2D eigenvalue weighted by atomic mass is 10.1. The third-order valence-corrected chi connectivity index (χ3v) is 4.57. The normalized spacial score (nSPS) is 12.7. The lowest BCUT2D eigenvalue weighted by molar-refractivity contribution is -0.116. The minimum absolute atomic E-state index is 0.0191. The van der Waals surface area contributed by atoms with E-state index in [1.165, 1.54) is 10.5 Å². The van der Waals surface area contributed by atoms with Gasteiger partial charge in [-0.15, -0.1) is 0 Å². The van der Waals surface area contributed by atoms with Gasteiger partial charge in [0.1, 0.15) is 6.54 Å². The van der Waals surface area contributed by atoms with Crippen LogP contribution >= 0.6 is 0 Å². The van der Waals surface area contributed by atoms with E-state index in [1.54, 1.807) is 11.9 Å².